The van der Waals surface area contributed by atoms with E-state index < -0.39 is 4.92 Å². The van der Waals surface area contributed by atoms with Gasteiger partial charge in [-0.25, -0.2) is 4.98 Å². The minimum atomic E-state index is -0.515. The van der Waals surface area contributed by atoms with Crippen LogP contribution in [-0.2, 0) is 4.79 Å². The molecule has 0 bridgehead atoms. The van der Waals surface area contributed by atoms with Crippen molar-refractivity contribution >= 4 is 23.1 Å². The van der Waals surface area contributed by atoms with E-state index >= 15 is 0 Å². The zero-order valence-corrected chi connectivity index (χ0v) is 13.7. The second-order valence-electron chi connectivity index (χ2n) is 5.69. The molecule has 1 amide bonds. The van der Waals surface area contributed by atoms with Gasteiger partial charge in [-0.1, -0.05) is 18.2 Å². The normalized spacial score (nSPS) is 14.2. The smallest absolute Gasteiger partial charge is 0.311 e. The summed E-state index contributed by atoms with van der Waals surface area (Å²) in [7, 11) is 0. The van der Waals surface area contributed by atoms with E-state index in [-0.39, 0.29) is 24.0 Å². The van der Waals surface area contributed by atoms with Crippen LogP contribution in [-0.4, -0.2) is 53.4 Å². The second-order valence-corrected chi connectivity index (χ2v) is 5.69. The average Bonchev–Trinajstić information content (AvgIpc) is 2.67. The van der Waals surface area contributed by atoms with Gasteiger partial charge >= 0.3 is 5.69 Å². The molecule has 0 atom stereocenters. The predicted molar refractivity (Wildman–Crippen MR) is 94.6 cm³/mol. The van der Waals surface area contributed by atoms with Gasteiger partial charge in [0.2, 0.25) is 11.7 Å². The Balaban J connectivity index is 1.53. The lowest BCUT2D eigenvalue weighted by atomic mass is 10.2. The van der Waals surface area contributed by atoms with Gasteiger partial charge in [0.15, 0.2) is 0 Å². The summed E-state index contributed by atoms with van der Waals surface area (Å²) in [6.07, 6.45) is 1.46. The number of hydrogen-bond acceptors (Lipinski definition) is 6. The molecule has 3 rings (SSSR count). The first-order chi connectivity index (χ1) is 12.1. The molecule has 8 heteroatoms. The van der Waals surface area contributed by atoms with Gasteiger partial charge in [-0.3, -0.25) is 14.9 Å². The summed E-state index contributed by atoms with van der Waals surface area (Å²) < 4.78 is 0. The van der Waals surface area contributed by atoms with E-state index in [4.69, 9.17) is 0 Å². The quantitative estimate of drug-likeness (QED) is 0.658. The number of nitro groups is 1. The van der Waals surface area contributed by atoms with Crippen LogP contribution in [0, 0.1) is 10.1 Å². The van der Waals surface area contributed by atoms with Crippen molar-refractivity contribution in [3.8, 4) is 0 Å². The third-order valence-corrected chi connectivity index (χ3v) is 4.14. The minimum absolute atomic E-state index is 0.0107. The number of amides is 1. The Morgan fingerprint density at radius 1 is 1.12 bits per heavy atom. The third kappa shape index (κ3) is 4.03. The lowest BCUT2D eigenvalue weighted by Crippen LogP contribution is -2.50. The molecule has 1 aromatic heterocycles. The van der Waals surface area contributed by atoms with Crippen LogP contribution < -0.4 is 10.2 Å². The Hall–Kier alpha value is -3.16. The van der Waals surface area contributed by atoms with Crippen molar-refractivity contribution in [3.63, 3.8) is 0 Å². The number of benzene rings is 1. The number of pyridine rings is 1. The predicted octanol–water partition coefficient (Wildman–Crippen LogP) is 1.75. The fraction of sp³-hybridized carbons (Fsp3) is 0.294. The fourth-order valence-corrected chi connectivity index (χ4v) is 2.80. The van der Waals surface area contributed by atoms with Crippen molar-refractivity contribution < 1.29 is 9.72 Å². The molecule has 2 aromatic rings. The standard InChI is InChI=1S/C17H19N5O3/c23-16(13-19-17-15(22(24)25)7-4-8-18-17)21-11-9-20(10-12-21)14-5-2-1-3-6-14/h1-8H,9-13H2,(H,18,19). The average molecular weight is 341 g/mol. The summed E-state index contributed by atoms with van der Waals surface area (Å²) >= 11 is 0. The molecule has 25 heavy (non-hydrogen) atoms. The molecular weight excluding hydrogens is 322 g/mol. The summed E-state index contributed by atoms with van der Waals surface area (Å²) in [5, 5.41) is 13.7. The van der Waals surface area contributed by atoms with Gasteiger partial charge in [0.25, 0.3) is 0 Å². The van der Waals surface area contributed by atoms with Gasteiger partial charge < -0.3 is 15.1 Å². The zero-order valence-electron chi connectivity index (χ0n) is 13.7. The lowest BCUT2D eigenvalue weighted by molar-refractivity contribution is -0.384. The highest BCUT2D eigenvalue weighted by molar-refractivity contribution is 5.81. The van der Waals surface area contributed by atoms with Crippen LogP contribution in [0.25, 0.3) is 0 Å². The van der Waals surface area contributed by atoms with Crippen molar-refractivity contribution in [1.29, 1.82) is 0 Å². The molecule has 1 aliphatic heterocycles. The molecular formula is C17H19N5O3. The SMILES string of the molecule is O=C(CNc1ncccc1[N+](=O)[O-])N1CCN(c2ccccc2)CC1. The van der Waals surface area contributed by atoms with Crippen LogP contribution in [0.15, 0.2) is 48.7 Å². The Bertz CT molecular complexity index is 745. The van der Waals surface area contributed by atoms with Crippen LogP contribution >= 0.6 is 0 Å². The van der Waals surface area contributed by atoms with Crippen LogP contribution in [0.2, 0.25) is 0 Å². The monoisotopic (exact) mass is 341 g/mol. The zero-order chi connectivity index (χ0) is 17.6. The number of hydrogen-bond donors (Lipinski definition) is 1. The molecule has 130 valence electrons. The summed E-state index contributed by atoms with van der Waals surface area (Å²) in [5.74, 6) is 0.0245. The number of nitrogens with zero attached hydrogens (tertiary/aromatic N) is 4. The number of aromatic nitrogens is 1. The maximum absolute atomic E-state index is 12.3. The minimum Gasteiger partial charge on any atom is -0.368 e. The third-order valence-electron chi connectivity index (χ3n) is 4.14. The number of anilines is 2. The fourth-order valence-electron chi connectivity index (χ4n) is 2.80. The second kappa shape index (κ2) is 7.61. The van der Waals surface area contributed by atoms with Crippen molar-refractivity contribution in [1.82, 2.24) is 9.88 Å². The van der Waals surface area contributed by atoms with E-state index in [1.165, 1.54) is 18.3 Å². The van der Waals surface area contributed by atoms with Gasteiger partial charge in [-0.2, -0.15) is 0 Å². The number of piperazine rings is 1. The Labute approximate surface area is 145 Å². The van der Waals surface area contributed by atoms with Gasteiger partial charge in [0, 0.05) is 44.1 Å². The van der Waals surface area contributed by atoms with Gasteiger partial charge in [0.1, 0.15) is 0 Å². The first-order valence-corrected chi connectivity index (χ1v) is 8.06. The van der Waals surface area contributed by atoms with Crippen LogP contribution in [0.3, 0.4) is 0 Å². The first-order valence-electron chi connectivity index (χ1n) is 8.06. The number of carbonyl (C=O) groups excluding carboxylic acids is 1. The molecule has 1 N–H and O–H groups in total. The topological polar surface area (TPSA) is 91.6 Å². The summed E-state index contributed by atoms with van der Waals surface area (Å²) in [5.41, 5.74) is 1.01. The van der Waals surface area contributed by atoms with Gasteiger partial charge in [-0.15, -0.1) is 0 Å². The molecule has 0 aliphatic carbocycles. The van der Waals surface area contributed by atoms with E-state index in [0.29, 0.717) is 13.1 Å². The molecule has 8 nitrogen and oxygen atoms in total. The number of carbonyl (C=O) groups is 1. The van der Waals surface area contributed by atoms with Crippen LogP contribution in [0.5, 0.6) is 0 Å². The van der Waals surface area contributed by atoms with Crippen molar-refractivity contribution in [2.45, 2.75) is 0 Å². The van der Waals surface area contributed by atoms with E-state index in [1.54, 1.807) is 4.90 Å². The molecule has 0 saturated carbocycles. The van der Waals surface area contributed by atoms with E-state index in [9.17, 15) is 14.9 Å². The maximum atomic E-state index is 12.3. The van der Waals surface area contributed by atoms with E-state index in [1.807, 2.05) is 18.2 Å². The van der Waals surface area contributed by atoms with Crippen LogP contribution in [0.4, 0.5) is 17.2 Å². The van der Waals surface area contributed by atoms with Crippen LogP contribution in [0.1, 0.15) is 0 Å². The van der Waals surface area contributed by atoms with E-state index in [0.717, 1.165) is 18.8 Å². The number of rotatable bonds is 5. The molecule has 0 spiro atoms. The highest BCUT2D eigenvalue weighted by Crippen LogP contribution is 2.20. The molecule has 2 heterocycles. The maximum Gasteiger partial charge on any atom is 0.311 e. The summed E-state index contributed by atoms with van der Waals surface area (Å²) in [4.78, 5) is 30.7. The van der Waals surface area contributed by atoms with Crippen molar-refractivity contribution in [2.24, 2.45) is 0 Å². The lowest BCUT2D eigenvalue weighted by Gasteiger charge is -2.36. The summed E-state index contributed by atoms with van der Waals surface area (Å²) in [6, 6.07) is 12.9. The highest BCUT2D eigenvalue weighted by atomic mass is 16.6. The molecule has 1 aliphatic rings. The number of para-hydroxylation sites is 1. The van der Waals surface area contributed by atoms with Crippen molar-refractivity contribution in [3.05, 3.63) is 58.8 Å². The first kappa shape index (κ1) is 16.7. The van der Waals surface area contributed by atoms with E-state index in [2.05, 4.69) is 27.3 Å². The molecule has 1 saturated heterocycles. The Morgan fingerprint density at radius 2 is 1.84 bits per heavy atom. The van der Waals surface area contributed by atoms with Gasteiger partial charge in [0.05, 0.1) is 11.5 Å². The van der Waals surface area contributed by atoms with Crippen molar-refractivity contribution in [2.75, 3.05) is 42.9 Å². The Morgan fingerprint density at radius 3 is 2.52 bits per heavy atom. The Kier molecular flexibility index (Phi) is 5.08. The molecule has 0 radical (unpaired) electrons. The number of nitrogens with one attached hydrogen (secondary N) is 1. The highest BCUT2D eigenvalue weighted by Gasteiger charge is 2.22. The largest absolute Gasteiger partial charge is 0.368 e. The molecule has 1 fully saturated rings. The molecule has 1 aromatic carbocycles. The summed E-state index contributed by atoms with van der Waals surface area (Å²) in [6.45, 7) is 2.77. The molecule has 0 unspecified atom stereocenters. The van der Waals surface area contributed by atoms with Gasteiger partial charge in [-0.05, 0) is 18.2 Å².